The predicted molar refractivity (Wildman–Crippen MR) is 74.4 cm³/mol. The van der Waals surface area contributed by atoms with Gasteiger partial charge in [-0.2, -0.15) is 0 Å². The van der Waals surface area contributed by atoms with Crippen LogP contribution < -0.4 is 10.2 Å². The smallest absolute Gasteiger partial charge is 0.327 e. The molecule has 9 heteroatoms. The maximum atomic E-state index is 11.3. The Hall–Kier alpha value is -2.68. The number of hydrogen-bond donors (Lipinski definition) is 3. The molecule has 1 aliphatic rings. The number of hydrogen-bond acceptors (Lipinski definition) is 6. The Bertz CT molecular complexity index is 713. The van der Waals surface area contributed by atoms with Gasteiger partial charge in [-0.05, 0) is 6.07 Å². The molecule has 0 spiro atoms. The van der Waals surface area contributed by atoms with Crippen molar-refractivity contribution < 1.29 is 14.8 Å². The summed E-state index contributed by atoms with van der Waals surface area (Å²) in [7, 11) is 0. The summed E-state index contributed by atoms with van der Waals surface area (Å²) in [6.07, 6.45) is 0. The van der Waals surface area contributed by atoms with Gasteiger partial charge in [0.15, 0.2) is 0 Å². The van der Waals surface area contributed by atoms with Crippen LogP contribution in [-0.4, -0.2) is 51.6 Å². The molecule has 1 saturated heterocycles. The summed E-state index contributed by atoms with van der Waals surface area (Å²) < 4.78 is 0. The summed E-state index contributed by atoms with van der Waals surface area (Å²) >= 11 is 0. The first-order chi connectivity index (χ1) is 10.1. The van der Waals surface area contributed by atoms with Gasteiger partial charge in [-0.3, -0.25) is 10.1 Å². The monoisotopic (exact) mass is 291 g/mol. The molecular formula is C12H13N5O4. The number of carbonyl (C=O) groups is 1. The molecule has 1 aliphatic heterocycles. The molecule has 0 aliphatic carbocycles. The molecule has 3 rings (SSSR count). The van der Waals surface area contributed by atoms with E-state index in [1.807, 2.05) is 0 Å². The third kappa shape index (κ3) is 2.38. The molecule has 110 valence electrons. The zero-order valence-corrected chi connectivity index (χ0v) is 10.9. The second-order valence-corrected chi connectivity index (χ2v) is 4.77. The summed E-state index contributed by atoms with van der Waals surface area (Å²) in [6, 6.07) is 3.60. The zero-order valence-electron chi connectivity index (χ0n) is 10.9. The van der Waals surface area contributed by atoms with Gasteiger partial charge in [0.2, 0.25) is 5.95 Å². The van der Waals surface area contributed by atoms with Gasteiger partial charge in [0.05, 0.1) is 16.0 Å². The van der Waals surface area contributed by atoms with Crippen LogP contribution in [0.15, 0.2) is 18.2 Å². The topological polar surface area (TPSA) is 124 Å². The number of piperazine rings is 1. The van der Waals surface area contributed by atoms with Crippen LogP contribution in [0.25, 0.3) is 11.0 Å². The molecule has 0 saturated carbocycles. The number of nitrogens with zero attached hydrogens (tertiary/aromatic N) is 3. The number of fused-ring (bicyclic) bond motifs is 1. The SMILES string of the molecule is O=C(O)[C@@H]1CNCCN1c1nc2ccc([N+](=O)[O-])cc2[nH]1. The Morgan fingerprint density at radius 2 is 2.33 bits per heavy atom. The van der Waals surface area contributed by atoms with Gasteiger partial charge in [0.1, 0.15) is 6.04 Å². The van der Waals surface area contributed by atoms with Crippen molar-refractivity contribution in [1.82, 2.24) is 15.3 Å². The molecule has 1 aromatic carbocycles. The summed E-state index contributed by atoms with van der Waals surface area (Å²) in [5.74, 6) is -0.520. The van der Waals surface area contributed by atoms with E-state index in [0.29, 0.717) is 36.6 Å². The van der Waals surface area contributed by atoms with E-state index in [1.165, 1.54) is 12.1 Å². The number of carboxylic acids is 1. The highest BCUT2D eigenvalue weighted by molar-refractivity contribution is 5.82. The number of non-ortho nitro benzene ring substituents is 1. The normalized spacial score (nSPS) is 18.9. The fourth-order valence-corrected chi connectivity index (χ4v) is 2.41. The number of rotatable bonds is 3. The lowest BCUT2D eigenvalue weighted by atomic mass is 10.2. The van der Waals surface area contributed by atoms with E-state index in [0.717, 1.165) is 0 Å². The first kappa shape index (κ1) is 13.3. The Morgan fingerprint density at radius 1 is 1.52 bits per heavy atom. The number of H-pyrrole nitrogens is 1. The number of benzene rings is 1. The number of aromatic nitrogens is 2. The standard InChI is InChI=1S/C12H13N5O4/c18-11(19)10-6-13-3-4-16(10)12-14-8-2-1-7(17(20)21)5-9(8)15-12/h1-2,5,10,13H,3-4,6H2,(H,14,15)(H,18,19)/t10-/m0/s1. The summed E-state index contributed by atoms with van der Waals surface area (Å²) in [4.78, 5) is 30.5. The number of anilines is 1. The van der Waals surface area contributed by atoms with Crippen LogP contribution in [0.1, 0.15) is 0 Å². The summed E-state index contributed by atoms with van der Waals surface area (Å²) in [5, 5.41) is 23.0. The molecule has 0 amide bonds. The Kier molecular flexibility index (Phi) is 3.18. The fourth-order valence-electron chi connectivity index (χ4n) is 2.41. The lowest BCUT2D eigenvalue weighted by Crippen LogP contribution is -2.55. The van der Waals surface area contributed by atoms with Crippen molar-refractivity contribution in [2.75, 3.05) is 24.5 Å². The van der Waals surface area contributed by atoms with Crippen LogP contribution >= 0.6 is 0 Å². The number of aliphatic carboxylic acids is 1. The number of nitro groups is 1. The maximum Gasteiger partial charge on any atom is 0.327 e. The minimum absolute atomic E-state index is 0.0344. The molecule has 21 heavy (non-hydrogen) atoms. The lowest BCUT2D eigenvalue weighted by molar-refractivity contribution is -0.384. The summed E-state index contributed by atoms with van der Waals surface area (Å²) in [6.45, 7) is 1.48. The molecular weight excluding hydrogens is 278 g/mol. The molecule has 0 radical (unpaired) electrons. The molecule has 1 aromatic heterocycles. The van der Waals surface area contributed by atoms with Gasteiger partial charge < -0.3 is 20.3 Å². The number of imidazole rings is 1. The van der Waals surface area contributed by atoms with Crippen LogP contribution in [-0.2, 0) is 4.79 Å². The van der Waals surface area contributed by atoms with Gasteiger partial charge in [0.25, 0.3) is 5.69 Å². The van der Waals surface area contributed by atoms with Crippen molar-refractivity contribution in [3.8, 4) is 0 Å². The van der Waals surface area contributed by atoms with Crippen LogP contribution in [0, 0.1) is 10.1 Å². The minimum atomic E-state index is -0.936. The van der Waals surface area contributed by atoms with E-state index >= 15 is 0 Å². The first-order valence-corrected chi connectivity index (χ1v) is 6.40. The van der Waals surface area contributed by atoms with Gasteiger partial charge in [0, 0.05) is 31.8 Å². The lowest BCUT2D eigenvalue weighted by Gasteiger charge is -2.33. The van der Waals surface area contributed by atoms with Crippen LogP contribution in [0.5, 0.6) is 0 Å². The van der Waals surface area contributed by atoms with E-state index in [4.69, 9.17) is 0 Å². The molecule has 3 N–H and O–H groups in total. The molecule has 0 bridgehead atoms. The largest absolute Gasteiger partial charge is 0.480 e. The Labute approximate surface area is 118 Å². The highest BCUT2D eigenvalue weighted by Gasteiger charge is 2.30. The first-order valence-electron chi connectivity index (χ1n) is 6.40. The minimum Gasteiger partial charge on any atom is -0.480 e. The van der Waals surface area contributed by atoms with E-state index in [-0.39, 0.29) is 5.69 Å². The van der Waals surface area contributed by atoms with E-state index < -0.39 is 16.9 Å². The van der Waals surface area contributed by atoms with E-state index in [2.05, 4.69) is 15.3 Å². The third-order valence-corrected chi connectivity index (χ3v) is 3.46. The van der Waals surface area contributed by atoms with Crippen LogP contribution in [0.2, 0.25) is 0 Å². The molecule has 0 unspecified atom stereocenters. The van der Waals surface area contributed by atoms with Gasteiger partial charge >= 0.3 is 5.97 Å². The quantitative estimate of drug-likeness (QED) is 0.550. The van der Waals surface area contributed by atoms with E-state index in [1.54, 1.807) is 11.0 Å². The zero-order chi connectivity index (χ0) is 15.0. The second kappa shape index (κ2) is 5.02. The predicted octanol–water partition coefficient (Wildman–Crippen LogP) is 0.334. The van der Waals surface area contributed by atoms with Crippen molar-refractivity contribution in [1.29, 1.82) is 0 Å². The Morgan fingerprint density at radius 3 is 3.05 bits per heavy atom. The van der Waals surface area contributed by atoms with Gasteiger partial charge in [-0.25, -0.2) is 9.78 Å². The Balaban J connectivity index is 1.99. The van der Waals surface area contributed by atoms with Crippen LogP contribution in [0.3, 0.4) is 0 Å². The van der Waals surface area contributed by atoms with Crippen molar-refractivity contribution in [2.45, 2.75) is 6.04 Å². The highest BCUT2D eigenvalue weighted by atomic mass is 16.6. The molecule has 1 fully saturated rings. The van der Waals surface area contributed by atoms with Crippen molar-refractivity contribution >= 4 is 28.6 Å². The van der Waals surface area contributed by atoms with Crippen LogP contribution in [0.4, 0.5) is 11.6 Å². The average Bonchev–Trinajstić information content (AvgIpc) is 2.89. The number of aromatic amines is 1. The second-order valence-electron chi connectivity index (χ2n) is 4.77. The van der Waals surface area contributed by atoms with E-state index in [9.17, 15) is 20.0 Å². The van der Waals surface area contributed by atoms with Crippen molar-refractivity contribution in [3.05, 3.63) is 28.3 Å². The number of nitro benzene ring substituents is 1. The van der Waals surface area contributed by atoms with Crippen molar-refractivity contribution in [3.63, 3.8) is 0 Å². The van der Waals surface area contributed by atoms with Crippen molar-refractivity contribution in [2.24, 2.45) is 0 Å². The third-order valence-electron chi connectivity index (χ3n) is 3.46. The number of carboxylic acid groups (broad SMARTS) is 1. The fraction of sp³-hybridized carbons (Fsp3) is 0.333. The maximum absolute atomic E-state index is 11.3. The van der Waals surface area contributed by atoms with Gasteiger partial charge in [-0.1, -0.05) is 0 Å². The highest BCUT2D eigenvalue weighted by Crippen LogP contribution is 2.23. The molecule has 2 heterocycles. The molecule has 1 atom stereocenters. The molecule has 2 aromatic rings. The molecule has 9 nitrogen and oxygen atoms in total. The summed E-state index contributed by atoms with van der Waals surface area (Å²) in [5.41, 5.74) is 1.05. The average molecular weight is 291 g/mol. The number of nitrogens with one attached hydrogen (secondary N) is 2. The van der Waals surface area contributed by atoms with Gasteiger partial charge in [-0.15, -0.1) is 0 Å².